The number of nitrogens with two attached hydrogens (primary N) is 1. The van der Waals surface area contributed by atoms with Crippen molar-refractivity contribution in [3.63, 3.8) is 0 Å². The molecule has 196 valence electrons. The molecule has 8 N–H and O–H groups in total. The Balaban J connectivity index is 2.14. The molecule has 0 aliphatic rings. The fraction of sp³-hybridized carbons (Fsp3) is 0.458. The van der Waals surface area contributed by atoms with Gasteiger partial charge in [0.05, 0.1) is 12.4 Å². The van der Waals surface area contributed by atoms with Gasteiger partial charge in [0.15, 0.2) is 0 Å². The summed E-state index contributed by atoms with van der Waals surface area (Å²) in [5, 5.41) is 26.7. The summed E-state index contributed by atoms with van der Waals surface area (Å²) in [7, 11) is 0. The summed E-state index contributed by atoms with van der Waals surface area (Å²) < 4.78 is 0. The van der Waals surface area contributed by atoms with E-state index in [1.165, 1.54) is 31.6 Å². The Morgan fingerprint density at radius 2 is 1.58 bits per heavy atom. The van der Waals surface area contributed by atoms with E-state index < -0.39 is 47.9 Å². The van der Waals surface area contributed by atoms with Crippen LogP contribution in [-0.2, 0) is 32.0 Å². The molecule has 2 aromatic rings. The second kappa shape index (κ2) is 13.2. The molecule has 36 heavy (non-hydrogen) atoms. The van der Waals surface area contributed by atoms with Gasteiger partial charge in [0.1, 0.15) is 23.9 Å². The van der Waals surface area contributed by atoms with Crippen molar-refractivity contribution in [2.45, 2.75) is 64.2 Å². The monoisotopic (exact) mass is 502 g/mol. The fourth-order valence-corrected chi connectivity index (χ4v) is 3.46. The van der Waals surface area contributed by atoms with Gasteiger partial charge >= 0.3 is 5.97 Å². The summed E-state index contributed by atoms with van der Waals surface area (Å²) in [5.41, 5.74) is 7.00. The molecule has 1 aromatic carbocycles. The summed E-state index contributed by atoms with van der Waals surface area (Å²) in [6.45, 7) is 5.31. The van der Waals surface area contributed by atoms with E-state index in [1.54, 1.807) is 12.1 Å². The molecule has 12 nitrogen and oxygen atoms in total. The van der Waals surface area contributed by atoms with Gasteiger partial charge in [-0.15, -0.1) is 0 Å². The molecule has 4 atom stereocenters. The van der Waals surface area contributed by atoms with E-state index >= 15 is 0 Å². The number of phenolic OH excluding ortho intramolecular Hbond substituents is 1. The number of carbonyl (C=O) groups excluding carboxylic acids is 3. The lowest BCUT2D eigenvalue weighted by Crippen LogP contribution is -2.57. The molecule has 1 heterocycles. The van der Waals surface area contributed by atoms with Crippen LogP contribution in [0.1, 0.15) is 38.4 Å². The number of aromatic amines is 1. The Morgan fingerprint density at radius 1 is 0.944 bits per heavy atom. The quantitative estimate of drug-likeness (QED) is 0.196. The number of carboxylic acids is 1. The van der Waals surface area contributed by atoms with Crippen LogP contribution in [0, 0.1) is 5.92 Å². The van der Waals surface area contributed by atoms with Crippen LogP contribution in [-0.4, -0.2) is 68.0 Å². The number of aromatic hydroxyl groups is 1. The highest BCUT2D eigenvalue weighted by atomic mass is 16.4. The minimum atomic E-state index is -1.27. The highest BCUT2D eigenvalue weighted by Crippen LogP contribution is 2.12. The molecule has 4 unspecified atom stereocenters. The molecular formula is C24H34N6O6. The predicted octanol–water partition coefficient (Wildman–Crippen LogP) is -0.167. The number of amides is 3. The molecule has 12 heteroatoms. The number of hydrogen-bond acceptors (Lipinski definition) is 7. The summed E-state index contributed by atoms with van der Waals surface area (Å²) >= 11 is 0. The lowest BCUT2D eigenvalue weighted by atomic mass is 10.0. The van der Waals surface area contributed by atoms with Crippen LogP contribution >= 0.6 is 0 Å². The topological polar surface area (TPSA) is 200 Å². The zero-order chi connectivity index (χ0) is 26.8. The second-order valence-corrected chi connectivity index (χ2v) is 9.08. The normalized spacial score (nSPS) is 14.4. The molecule has 3 amide bonds. The van der Waals surface area contributed by atoms with E-state index in [9.17, 15) is 29.4 Å². The number of carbonyl (C=O) groups is 4. The molecule has 0 saturated heterocycles. The summed E-state index contributed by atoms with van der Waals surface area (Å²) in [6.07, 6.45) is 3.26. The number of rotatable bonds is 13. The first kappa shape index (κ1) is 28.3. The van der Waals surface area contributed by atoms with Crippen LogP contribution in [0.3, 0.4) is 0 Å². The van der Waals surface area contributed by atoms with Crippen molar-refractivity contribution in [1.29, 1.82) is 0 Å². The van der Waals surface area contributed by atoms with Crippen molar-refractivity contribution in [1.82, 2.24) is 25.9 Å². The first-order valence-corrected chi connectivity index (χ1v) is 11.6. The number of carboxylic acid groups (broad SMARTS) is 1. The SMILES string of the molecule is CC(C)CC(N)C(=O)NC(C)C(=O)NC(Cc1ccc(O)cc1)C(=O)NC(Cc1cnc[nH]1)C(=O)O. The van der Waals surface area contributed by atoms with E-state index in [0.29, 0.717) is 17.7 Å². The first-order chi connectivity index (χ1) is 17.0. The summed E-state index contributed by atoms with van der Waals surface area (Å²) in [4.78, 5) is 56.6. The van der Waals surface area contributed by atoms with Crippen molar-refractivity contribution in [3.05, 3.63) is 48.0 Å². The molecule has 2 rings (SSSR count). The van der Waals surface area contributed by atoms with Gasteiger partial charge in [-0.05, 0) is 37.0 Å². The van der Waals surface area contributed by atoms with E-state index in [0.717, 1.165) is 0 Å². The molecule has 0 aliphatic carbocycles. The first-order valence-electron chi connectivity index (χ1n) is 11.6. The van der Waals surface area contributed by atoms with Gasteiger partial charge in [0.25, 0.3) is 0 Å². The summed E-state index contributed by atoms with van der Waals surface area (Å²) in [6, 6.07) is 1.82. The van der Waals surface area contributed by atoms with Gasteiger partial charge < -0.3 is 36.9 Å². The number of aliphatic carboxylic acids is 1. The van der Waals surface area contributed by atoms with Gasteiger partial charge in [-0.25, -0.2) is 9.78 Å². The zero-order valence-electron chi connectivity index (χ0n) is 20.5. The van der Waals surface area contributed by atoms with Crippen molar-refractivity contribution in [2.75, 3.05) is 0 Å². The third kappa shape index (κ3) is 9.02. The third-order valence-electron chi connectivity index (χ3n) is 5.42. The van der Waals surface area contributed by atoms with Gasteiger partial charge in [-0.3, -0.25) is 14.4 Å². The molecule has 0 bridgehead atoms. The van der Waals surface area contributed by atoms with Crippen LogP contribution in [0.15, 0.2) is 36.8 Å². The molecule has 1 aromatic heterocycles. The van der Waals surface area contributed by atoms with Gasteiger partial charge in [0.2, 0.25) is 17.7 Å². The van der Waals surface area contributed by atoms with Crippen molar-refractivity contribution >= 4 is 23.7 Å². The fourth-order valence-electron chi connectivity index (χ4n) is 3.46. The Kier molecular flexibility index (Phi) is 10.4. The maximum atomic E-state index is 13.1. The van der Waals surface area contributed by atoms with Crippen LogP contribution in [0.2, 0.25) is 0 Å². The lowest BCUT2D eigenvalue weighted by Gasteiger charge is -2.24. The number of nitrogens with zero attached hydrogens (tertiary/aromatic N) is 1. The number of phenols is 1. The average molecular weight is 503 g/mol. The maximum absolute atomic E-state index is 13.1. The number of aromatic nitrogens is 2. The Hall–Kier alpha value is -3.93. The van der Waals surface area contributed by atoms with E-state index in [-0.39, 0.29) is 24.5 Å². The molecule has 0 saturated carbocycles. The van der Waals surface area contributed by atoms with Crippen LogP contribution in [0.4, 0.5) is 0 Å². The van der Waals surface area contributed by atoms with Crippen molar-refractivity contribution in [2.24, 2.45) is 11.7 Å². The van der Waals surface area contributed by atoms with E-state index in [2.05, 4.69) is 25.9 Å². The molecule has 0 radical (unpaired) electrons. The number of H-pyrrole nitrogens is 1. The number of imidazole rings is 1. The average Bonchev–Trinajstić information content (AvgIpc) is 3.32. The predicted molar refractivity (Wildman–Crippen MR) is 131 cm³/mol. The van der Waals surface area contributed by atoms with E-state index in [4.69, 9.17) is 5.73 Å². The van der Waals surface area contributed by atoms with E-state index in [1.807, 2.05) is 13.8 Å². The highest BCUT2D eigenvalue weighted by molar-refractivity contribution is 5.94. The number of benzene rings is 1. The van der Waals surface area contributed by atoms with Crippen LogP contribution in [0.25, 0.3) is 0 Å². The Labute approximate surface area is 209 Å². The summed E-state index contributed by atoms with van der Waals surface area (Å²) in [5.74, 6) is -2.89. The molecule has 0 fully saturated rings. The minimum absolute atomic E-state index is 0.0157. The Bertz CT molecular complexity index is 1020. The van der Waals surface area contributed by atoms with Crippen LogP contribution < -0.4 is 21.7 Å². The van der Waals surface area contributed by atoms with Gasteiger partial charge in [-0.2, -0.15) is 0 Å². The lowest BCUT2D eigenvalue weighted by molar-refractivity contribution is -0.142. The van der Waals surface area contributed by atoms with Crippen LogP contribution in [0.5, 0.6) is 5.75 Å². The maximum Gasteiger partial charge on any atom is 0.326 e. The highest BCUT2D eigenvalue weighted by Gasteiger charge is 2.29. The van der Waals surface area contributed by atoms with Crippen molar-refractivity contribution < 1.29 is 29.4 Å². The number of nitrogens with one attached hydrogen (secondary N) is 4. The smallest absolute Gasteiger partial charge is 0.326 e. The molecule has 0 spiro atoms. The van der Waals surface area contributed by atoms with Gasteiger partial charge in [0, 0.05) is 24.7 Å². The number of hydrogen-bond donors (Lipinski definition) is 7. The van der Waals surface area contributed by atoms with Crippen molar-refractivity contribution in [3.8, 4) is 5.75 Å². The second-order valence-electron chi connectivity index (χ2n) is 9.08. The minimum Gasteiger partial charge on any atom is -0.508 e. The molecular weight excluding hydrogens is 468 g/mol. The Morgan fingerprint density at radius 3 is 2.14 bits per heavy atom. The third-order valence-corrected chi connectivity index (χ3v) is 5.42. The standard InChI is InChI=1S/C24H34N6O6/c1-13(2)8-18(25)22(33)28-14(3)21(32)29-19(9-15-4-6-17(31)7-5-15)23(34)30-20(24(35)36)10-16-11-26-12-27-16/h4-7,11-14,18-20,31H,8-10,25H2,1-3H3,(H,26,27)(H,28,33)(H,29,32)(H,30,34)(H,35,36). The zero-order valence-corrected chi connectivity index (χ0v) is 20.5. The van der Waals surface area contributed by atoms with Gasteiger partial charge in [-0.1, -0.05) is 26.0 Å². The molecule has 0 aliphatic heterocycles. The largest absolute Gasteiger partial charge is 0.508 e.